The molecule has 0 heterocycles. The molecule has 0 aromatic heterocycles. The van der Waals surface area contributed by atoms with Crippen LogP contribution in [0.3, 0.4) is 0 Å². The Kier molecular flexibility index (Phi) is 8.11. The average Bonchev–Trinajstić information content (AvgIpc) is 2.76. The first kappa shape index (κ1) is 23.6. The predicted octanol–water partition coefficient (Wildman–Crippen LogP) is 5.74. The number of carbonyl (C=O) groups excluding carboxylic acids is 2. The number of benzene rings is 3. The Morgan fingerprint density at radius 3 is 2.44 bits per heavy atom. The van der Waals surface area contributed by atoms with E-state index in [4.69, 9.17) is 39.5 Å². The molecule has 0 radical (unpaired) electrons. The van der Waals surface area contributed by atoms with Gasteiger partial charge in [-0.05, 0) is 55.5 Å². The van der Waals surface area contributed by atoms with E-state index in [1.165, 1.54) is 6.21 Å². The molecule has 2 amide bonds. The molecule has 0 unspecified atom stereocenters. The zero-order valence-corrected chi connectivity index (χ0v) is 19.1. The van der Waals surface area contributed by atoms with Gasteiger partial charge in [0.05, 0.1) is 16.3 Å². The van der Waals surface area contributed by atoms with Crippen LogP contribution in [0.15, 0.2) is 65.8 Å². The highest BCUT2D eigenvalue weighted by Crippen LogP contribution is 2.25. The Morgan fingerprint density at radius 1 is 0.969 bits per heavy atom. The Morgan fingerprint density at radius 2 is 1.72 bits per heavy atom. The van der Waals surface area contributed by atoms with Gasteiger partial charge < -0.3 is 10.1 Å². The molecule has 164 valence electrons. The van der Waals surface area contributed by atoms with Crippen molar-refractivity contribution in [1.29, 1.82) is 0 Å². The van der Waals surface area contributed by atoms with Crippen molar-refractivity contribution in [1.82, 2.24) is 5.43 Å². The van der Waals surface area contributed by atoms with Crippen molar-refractivity contribution in [2.45, 2.75) is 6.92 Å². The van der Waals surface area contributed by atoms with E-state index in [1.54, 1.807) is 48.5 Å². The molecule has 0 aliphatic carbocycles. The third-order valence-electron chi connectivity index (χ3n) is 4.22. The molecule has 0 aliphatic heterocycles. The summed E-state index contributed by atoms with van der Waals surface area (Å²) in [5, 5.41) is 7.80. The maximum atomic E-state index is 12.2. The van der Waals surface area contributed by atoms with E-state index >= 15 is 0 Å². The number of carbonyl (C=O) groups is 2. The summed E-state index contributed by atoms with van der Waals surface area (Å²) in [5.74, 6) is -0.382. The number of aryl methyl sites for hydroxylation is 1. The van der Waals surface area contributed by atoms with E-state index < -0.39 is 5.91 Å². The number of nitrogens with one attached hydrogen (secondary N) is 2. The van der Waals surface area contributed by atoms with Crippen molar-refractivity contribution in [3.05, 3.63) is 92.4 Å². The van der Waals surface area contributed by atoms with Gasteiger partial charge in [-0.25, -0.2) is 5.43 Å². The fourth-order valence-corrected chi connectivity index (χ4v) is 3.07. The van der Waals surface area contributed by atoms with Crippen molar-refractivity contribution >= 4 is 58.5 Å². The molecule has 9 heteroatoms. The lowest BCUT2D eigenvalue weighted by molar-refractivity contribution is -0.118. The molecule has 0 bridgehead atoms. The molecule has 0 fully saturated rings. The zero-order chi connectivity index (χ0) is 23.1. The molecular weight excluding hydrogens is 473 g/mol. The normalized spacial score (nSPS) is 10.8. The second-order valence-electron chi connectivity index (χ2n) is 6.71. The predicted molar refractivity (Wildman–Crippen MR) is 128 cm³/mol. The number of ether oxygens (including phenoxy) is 1. The average molecular weight is 491 g/mol. The Bertz CT molecular complexity index is 1160. The van der Waals surface area contributed by atoms with Crippen LogP contribution in [0, 0.1) is 6.92 Å². The van der Waals surface area contributed by atoms with Crippen LogP contribution in [-0.4, -0.2) is 24.6 Å². The number of hydrazone groups is 1. The minimum atomic E-state index is -0.395. The molecule has 0 atom stereocenters. The second-order valence-corrected chi connectivity index (χ2v) is 7.96. The van der Waals surface area contributed by atoms with Gasteiger partial charge in [-0.15, -0.1) is 0 Å². The number of amides is 2. The van der Waals surface area contributed by atoms with Crippen LogP contribution >= 0.6 is 34.8 Å². The Hall–Kier alpha value is -3.06. The largest absolute Gasteiger partial charge is 0.483 e. The lowest BCUT2D eigenvalue weighted by Crippen LogP contribution is -2.20. The number of hydrogen-bond acceptors (Lipinski definition) is 4. The molecule has 6 nitrogen and oxygen atoms in total. The molecule has 3 aromatic carbocycles. The van der Waals surface area contributed by atoms with Gasteiger partial charge in [0.15, 0.2) is 6.61 Å². The van der Waals surface area contributed by atoms with Crippen LogP contribution in [0.2, 0.25) is 15.1 Å². The summed E-state index contributed by atoms with van der Waals surface area (Å²) in [6, 6.07) is 16.7. The third kappa shape index (κ3) is 6.72. The molecular formula is C23H18Cl3N3O3. The summed E-state index contributed by atoms with van der Waals surface area (Å²) in [7, 11) is 0. The van der Waals surface area contributed by atoms with Crippen molar-refractivity contribution in [2.75, 3.05) is 11.9 Å². The number of rotatable bonds is 7. The van der Waals surface area contributed by atoms with Gasteiger partial charge in [-0.3, -0.25) is 9.59 Å². The zero-order valence-electron chi connectivity index (χ0n) is 16.9. The first-order valence-corrected chi connectivity index (χ1v) is 10.5. The molecule has 3 rings (SSSR count). The van der Waals surface area contributed by atoms with E-state index in [9.17, 15) is 9.59 Å². The molecule has 2 N–H and O–H groups in total. The minimum absolute atomic E-state index is 0.265. The van der Waals surface area contributed by atoms with E-state index in [-0.39, 0.29) is 12.5 Å². The van der Waals surface area contributed by atoms with Gasteiger partial charge in [0.25, 0.3) is 11.8 Å². The van der Waals surface area contributed by atoms with Gasteiger partial charge in [-0.1, -0.05) is 52.5 Å². The Labute approximate surface area is 200 Å². The van der Waals surface area contributed by atoms with Crippen molar-refractivity contribution in [2.24, 2.45) is 5.10 Å². The van der Waals surface area contributed by atoms with Gasteiger partial charge in [-0.2, -0.15) is 5.10 Å². The van der Waals surface area contributed by atoms with Crippen LogP contribution in [0.25, 0.3) is 0 Å². The molecule has 0 aliphatic rings. The highest BCUT2D eigenvalue weighted by Gasteiger charge is 2.09. The molecule has 32 heavy (non-hydrogen) atoms. The molecule has 0 saturated carbocycles. The van der Waals surface area contributed by atoms with E-state index in [0.29, 0.717) is 37.6 Å². The lowest BCUT2D eigenvalue weighted by atomic mass is 10.1. The number of nitrogens with zero attached hydrogens (tertiary/aromatic N) is 1. The van der Waals surface area contributed by atoms with Crippen LogP contribution in [0.5, 0.6) is 5.75 Å². The third-order valence-corrected chi connectivity index (χ3v) is 5.19. The number of halogens is 3. The van der Waals surface area contributed by atoms with Gasteiger partial charge in [0, 0.05) is 21.8 Å². The smallest absolute Gasteiger partial charge is 0.271 e. The summed E-state index contributed by atoms with van der Waals surface area (Å²) in [6.07, 6.45) is 1.39. The number of anilines is 1. The minimum Gasteiger partial charge on any atom is -0.483 e. The van der Waals surface area contributed by atoms with Gasteiger partial charge in [0.1, 0.15) is 5.75 Å². The Balaban J connectivity index is 1.62. The summed E-state index contributed by atoms with van der Waals surface area (Å²) >= 11 is 17.9. The quantitative estimate of drug-likeness (QED) is 0.327. The van der Waals surface area contributed by atoms with Gasteiger partial charge in [0.2, 0.25) is 0 Å². The van der Waals surface area contributed by atoms with Crippen LogP contribution in [-0.2, 0) is 4.79 Å². The SMILES string of the molecule is Cc1ccc(C(=O)N/N=C/c2cc(Cl)ccc2OCC(=O)Nc2ccc(Cl)c(Cl)c2)cc1. The standard InChI is InChI=1S/C23H18Cl3N3O3/c1-14-2-4-15(5-3-14)23(31)29-27-12-16-10-17(24)6-9-21(16)32-13-22(30)28-18-7-8-19(25)20(26)11-18/h2-12H,13H2,1H3,(H,28,30)(H,29,31)/b27-12+. The monoisotopic (exact) mass is 489 g/mol. The summed E-state index contributed by atoms with van der Waals surface area (Å²) in [6.45, 7) is 1.67. The highest BCUT2D eigenvalue weighted by molar-refractivity contribution is 6.42. The van der Waals surface area contributed by atoms with Crippen molar-refractivity contribution in [3.63, 3.8) is 0 Å². The van der Waals surface area contributed by atoms with Crippen LogP contribution in [0.4, 0.5) is 5.69 Å². The van der Waals surface area contributed by atoms with E-state index in [1.807, 2.05) is 19.1 Å². The summed E-state index contributed by atoms with van der Waals surface area (Å²) in [4.78, 5) is 24.4. The van der Waals surface area contributed by atoms with Crippen molar-refractivity contribution in [3.8, 4) is 5.75 Å². The first-order chi connectivity index (χ1) is 15.3. The first-order valence-electron chi connectivity index (χ1n) is 9.39. The number of hydrogen-bond donors (Lipinski definition) is 2. The molecule has 0 spiro atoms. The van der Waals surface area contributed by atoms with Crippen LogP contribution < -0.4 is 15.5 Å². The second kappa shape index (κ2) is 11.0. The maximum Gasteiger partial charge on any atom is 0.271 e. The van der Waals surface area contributed by atoms with Gasteiger partial charge >= 0.3 is 0 Å². The fraction of sp³-hybridized carbons (Fsp3) is 0.0870. The fourth-order valence-electron chi connectivity index (χ4n) is 2.60. The molecule has 0 saturated heterocycles. The lowest BCUT2D eigenvalue weighted by Gasteiger charge is -2.10. The van der Waals surface area contributed by atoms with E-state index in [0.717, 1.165) is 5.56 Å². The highest BCUT2D eigenvalue weighted by atomic mass is 35.5. The van der Waals surface area contributed by atoms with Crippen LogP contribution in [0.1, 0.15) is 21.5 Å². The summed E-state index contributed by atoms with van der Waals surface area (Å²) < 4.78 is 5.60. The van der Waals surface area contributed by atoms with Crippen molar-refractivity contribution < 1.29 is 14.3 Å². The topological polar surface area (TPSA) is 79.8 Å². The molecule has 3 aromatic rings. The maximum absolute atomic E-state index is 12.2. The van der Waals surface area contributed by atoms with E-state index in [2.05, 4.69) is 15.8 Å². The summed E-state index contributed by atoms with van der Waals surface area (Å²) in [5.41, 5.74) is 4.96.